The van der Waals surface area contributed by atoms with Crippen LogP contribution in [-0.4, -0.2) is 49.6 Å². The molecule has 0 aliphatic carbocycles. The Morgan fingerprint density at radius 1 is 1.17 bits per heavy atom. The quantitative estimate of drug-likeness (QED) is 0.248. The first-order valence-corrected chi connectivity index (χ1v) is 11.2. The Kier molecular flexibility index (Phi) is 7.57. The molecular formula is C22H24N8O4S. The van der Waals surface area contributed by atoms with Crippen LogP contribution < -0.4 is 37.9 Å². The number of nitrogens with zero attached hydrogens (tertiary/aromatic N) is 2. The van der Waals surface area contributed by atoms with E-state index >= 15 is 0 Å². The molecule has 1 aromatic carbocycles. The van der Waals surface area contributed by atoms with Crippen LogP contribution in [0.25, 0.3) is 21.3 Å². The van der Waals surface area contributed by atoms with Crippen LogP contribution in [-0.2, 0) is 0 Å². The zero-order chi connectivity index (χ0) is 25.7. The highest BCUT2D eigenvalue weighted by Gasteiger charge is 2.26. The number of amides is 4. The maximum atomic E-state index is 13.2. The number of methoxy groups -OCH3 is 1. The molecule has 0 saturated heterocycles. The number of anilines is 2. The molecule has 0 spiro atoms. The Morgan fingerprint density at radius 3 is 2.51 bits per heavy atom. The fraction of sp³-hybridized carbons (Fsp3) is 0.227. The first-order valence-electron chi connectivity index (χ1n) is 10.4. The molecular weight excluding hydrogens is 472 g/mol. The minimum atomic E-state index is -0.749. The van der Waals surface area contributed by atoms with Crippen molar-refractivity contribution in [3.05, 3.63) is 34.2 Å². The average Bonchev–Trinajstić information content (AvgIpc) is 3.16. The van der Waals surface area contributed by atoms with Crippen LogP contribution in [0.1, 0.15) is 32.5 Å². The number of nitrogen functional groups attached to an aromatic ring is 2. The maximum Gasteiger partial charge on any atom is 0.314 e. The number of fused-ring (bicyclic) bond motifs is 1. The monoisotopic (exact) mass is 496 g/mol. The van der Waals surface area contributed by atoms with Crippen LogP contribution in [0, 0.1) is 11.3 Å². The molecule has 0 unspecified atom stereocenters. The number of hydrogen-bond acceptors (Lipinski definition) is 9. The van der Waals surface area contributed by atoms with Crippen LogP contribution in [0.5, 0.6) is 5.75 Å². The summed E-state index contributed by atoms with van der Waals surface area (Å²) >= 11 is 0.948. The third-order valence-electron chi connectivity index (χ3n) is 5.01. The van der Waals surface area contributed by atoms with Gasteiger partial charge >= 0.3 is 6.03 Å². The van der Waals surface area contributed by atoms with Crippen LogP contribution in [0.4, 0.5) is 16.3 Å². The lowest BCUT2D eigenvalue weighted by molar-refractivity contribution is 0.0953. The van der Waals surface area contributed by atoms with Crippen molar-refractivity contribution in [1.82, 2.24) is 20.9 Å². The van der Waals surface area contributed by atoms with E-state index in [1.165, 1.54) is 13.2 Å². The number of carbonyl (C=O) groups excluding carboxylic acids is 3. The SMILES string of the molecule is CCNC(=O)NCCNC(=O)c1cc(OC)ccc1-c1c(C#N)c(N)nc2sc(C(N)=O)c(N)c12. The third-order valence-corrected chi connectivity index (χ3v) is 6.13. The molecule has 13 heteroatoms. The maximum absolute atomic E-state index is 13.2. The summed E-state index contributed by atoms with van der Waals surface area (Å²) in [7, 11) is 1.45. The molecule has 0 atom stereocenters. The summed E-state index contributed by atoms with van der Waals surface area (Å²) in [6, 6.07) is 6.38. The second-order valence-corrected chi connectivity index (χ2v) is 8.20. The summed E-state index contributed by atoms with van der Waals surface area (Å²) in [6.07, 6.45) is 0. The second-order valence-electron chi connectivity index (χ2n) is 7.20. The molecule has 0 saturated carbocycles. The largest absolute Gasteiger partial charge is 0.497 e. The summed E-state index contributed by atoms with van der Waals surface area (Å²) < 4.78 is 5.28. The van der Waals surface area contributed by atoms with Gasteiger partial charge in [0.1, 0.15) is 32.9 Å². The fourth-order valence-electron chi connectivity index (χ4n) is 3.46. The number of nitrogens with one attached hydrogen (secondary N) is 3. The van der Waals surface area contributed by atoms with Crippen molar-refractivity contribution in [1.29, 1.82) is 5.26 Å². The van der Waals surface area contributed by atoms with Crippen LogP contribution >= 0.6 is 11.3 Å². The minimum absolute atomic E-state index is 0.00450. The first-order chi connectivity index (χ1) is 16.7. The molecule has 182 valence electrons. The lowest BCUT2D eigenvalue weighted by Gasteiger charge is -2.15. The van der Waals surface area contributed by atoms with E-state index in [4.69, 9.17) is 21.9 Å². The van der Waals surface area contributed by atoms with Gasteiger partial charge in [0.15, 0.2) is 0 Å². The molecule has 2 aromatic heterocycles. The standard InChI is InChI=1S/C22H24N8O4S/c1-3-27-22(33)29-7-6-28-20(32)12-8-10(34-2)4-5-11(12)14-13(9-23)18(25)30-21-15(14)16(24)17(35-21)19(26)31/h4-5,8H,3,6-7,24H2,1-2H3,(H2,25,30)(H2,26,31)(H,28,32)(H2,27,29,33). The van der Waals surface area contributed by atoms with E-state index in [9.17, 15) is 19.6 Å². The number of aromatic nitrogens is 1. The van der Waals surface area contributed by atoms with Crippen molar-refractivity contribution < 1.29 is 19.1 Å². The fourth-order valence-corrected chi connectivity index (χ4v) is 4.43. The van der Waals surface area contributed by atoms with E-state index in [1.54, 1.807) is 19.1 Å². The normalized spacial score (nSPS) is 10.4. The van der Waals surface area contributed by atoms with Crippen molar-refractivity contribution in [3.63, 3.8) is 0 Å². The molecule has 3 rings (SSSR count). The topological polar surface area (TPSA) is 211 Å². The highest BCUT2D eigenvalue weighted by Crippen LogP contribution is 2.43. The Morgan fingerprint density at radius 2 is 1.89 bits per heavy atom. The predicted molar refractivity (Wildman–Crippen MR) is 133 cm³/mol. The van der Waals surface area contributed by atoms with E-state index in [0.717, 1.165) is 11.3 Å². The van der Waals surface area contributed by atoms with Crippen LogP contribution in [0.3, 0.4) is 0 Å². The number of rotatable bonds is 8. The van der Waals surface area contributed by atoms with E-state index in [0.29, 0.717) is 28.1 Å². The summed E-state index contributed by atoms with van der Waals surface area (Å²) in [5, 5.41) is 18.1. The number of nitrogens with two attached hydrogens (primary N) is 3. The minimum Gasteiger partial charge on any atom is -0.497 e. The Balaban J connectivity index is 2.13. The molecule has 0 radical (unpaired) electrons. The van der Waals surface area contributed by atoms with E-state index in [1.807, 2.05) is 6.07 Å². The van der Waals surface area contributed by atoms with Crippen LogP contribution in [0.15, 0.2) is 18.2 Å². The van der Waals surface area contributed by atoms with Crippen molar-refractivity contribution in [2.75, 3.05) is 38.2 Å². The van der Waals surface area contributed by atoms with Gasteiger partial charge in [-0.05, 0) is 30.7 Å². The molecule has 0 aliphatic heterocycles. The summed E-state index contributed by atoms with van der Waals surface area (Å²) in [6.45, 7) is 2.58. The Labute approximate surface area is 204 Å². The lowest BCUT2D eigenvalue weighted by atomic mass is 9.92. The highest BCUT2D eigenvalue weighted by molar-refractivity contribution is 7.21. The number of pyridine rings is 1. The number of hydrogen-bond donors (Lipinski definition) is 6. The predicted octanol–water partition coefficient (Wildman–Crippen LogP) is 1.16. The zero-order valence-corrected chi connectivity index (χ0v) is 19.8. The van der Waals surface area contributed by atoms with Gasteiger partial charge in [-0.1, -0.05) is 0 Å². The lowest BCUT2D eigenvalue weighted by Crippen LogP contribution is -2.40. The molecule has 35 heavy (non-hydrogen) atoms. The number of urea groups is 1. The summed E-state index contributed by atoms with van der Waals surface area (Å²) in [4.78, 5) is 41.2. The van der Waals surface area contributed by atoms with Gasteiger partial charge in [-0.15, -0.1) is 11.3 Å². The molecule has 9 N–H and O–H groups in total. The number of carbonyl (C=O) groups is 3. The van der Waals surface area contributed by atoms with Gasteiger partial charge in [0.25, 0.3) is 11.8 Å². The van der Waals surface area contributed by atoms with Crippen molar-refractivity contribution in [2.24, 2.45) is 5.73 Å². The first kappa shape index (κ1) is 25.1. The van der Waals surface area contributed by atoms with Gasteiger partial charge in [-0.3, -0.25) is 9.59 Å². The van der Waals surface area contributed by atoms with Crippen molar-refractivity contribution in [2.45, 2.75) is 6.92 Å². The van der Waals surface area contributed by atoms with Gasteiger partial charge in [0.05, 0.1) is 18.4 Å². The molecule has 0 aliphatic rings. The number of primary amides is 1. The summed E-state index contributed by atoms with van der Waals surface area (Å²) in [5.74, 6) is -0.929. The van der Waals surface area contributed by atoms with Crippen molar-refractivity contribution in [3.8, 4) is 22.9 Å². The summed E-state index contributed by atoms with van der Waals surface area (Å²) in [5.41, 5.74) is 18.5. The van der Waals surface area contributed by atoms with Gasteiger partial charge in [-0.2, -0.15) is 5.26 Å². The van der Waals surface area contributed by atoms with Crippen LogP contribution in [0.2, 0.25) is 0 Å². The third kappa shape index (κ3) is 5.02. The molecule has 4 amide bonds. The van der Waals surface area contributed by atoms with E-state index in [-0.39, 0.29) is 52.2 Å². The molecule has 2 heterocycles. The molecule has 0 bridgehead atoms. The molecule has 0 fully saturated rings. The number of ether oxygens (including phenoxy) is 1. The van der Waals surface area contributed by atoms with Gasteiger partial charge in [0.2, 0.25) is 0 Å². The average molecular weight is 497 g/mol. The zero-order valence-electron chi connectivity index (χ0n) is 19.0. The van der Waals surface area contributed by atoms with E-state index < -0.39 is 11.8 Å². The molecule has 3 aromatic rings. The number of nitriles is 1. The number of benzene rings is 1. The van der Waals surface area contributed by atoms with Crippen molar-refractivity contribution >= 4 is 50.9 Å². The Hall–Kier alpha value is -4.57. The Bertz CT molecular complexity index is 1360. The highest BCUT2D eigenvalue weighted by atomic mass is 32.1. The van der Waals surface area contributed by atoms with Gasteiger partial charge in [0, 0.05) is 30.6 Å². The molecule has 12 nitrogen and oxygen atoms in total. The smallest absolute Gasteiger partial charge is 0.314 e. The van der Waals surface area contributed by atoms with E-state index in [2.05, 4.69) is 20.9 Å². The second kappa shape index (κ2) is 10.6. The van der Waals surface area contributed by atoms with Gasteiger partial charge in [-0.25, -0.2) is 9.78 Å². The van der Waals surface area contributed by atoms with Gasteiger partial charge < -0.3 is 37.9 Å². The number of thiophene rings is 1.